The van der Waals surface area contributed by atoms with Crippen LogP contribution in [0.1, 0.15) is 52.9 Å². The summed E-state index contributed by atoms with van der Waals surface area (Å²) in [6, 6.07) is 0. The third-order valence-electron chi connectivity index (χ3n) is 2.15. The highest BCUT2D eigenvalue weighted by molar-refractivity contribution is 4.48. The Morgan fingerprint density at radius 2 is 1.64 bits per heavy atom. The van der Waals surface area contributed by atoms with Crippen LogP contribution < -0.4 is 0 Å². The number of ether oxygens (including phenoxy) is 2. The van der Waals surface area contributed by atoms with Gasteiger partial charge in [-0.15, -0.1) is 0 Å². The van der Waals surface area contributed by atoms with Crippen molar-refractivity contribution in [2.75, 3.05) is 19.8 Å². The Bertz CT molecular complexity index is 92.5. The van der Waals surface area contributed by atoms with Crippen LogP contribution in [0, 0.1) is 0 Å². The Morgan fingerprint density at radius 3 is 2.29 bits per heavy atom. The second kappa shape index (κ2) is 11.0. The Morgan fingerprint density at radius 1 is 0.929 bits per heavy atom. The Hall–Kier alpha value is -0.0800. The molecule has 0 radical (unpaired) electrons. The molecule has 0 amide bonds. The van der Waals surface area contributed by atoms with Crippen LogP contribution in [0.4, 0.5) is 0 Å². The average Bonchev–Trinajstić information content (AvgIpc) is 2.19. The number of unbranched alkanes of at least 4 members (excludes halogenated alkanes) is 3. The van der Waals surface area contributed by atoms with Gasteiger partial charge in [0.15, 0.2) is 0 Å². The quantitative estimate of drug-likeness (QED) is 0.505. The van der Waals surface area contributed by atoms with E-state index in [1.54, 1.807) is 0 Å². The third kappa shape index (κ3) is 10.0. The molecule has 0 aromatic carbocycles. The topological polar surface area (TPSA) is 18.5 Å². The zero-order chi connectivity index (χ0) is 10.6. The molecular formula is C12H26O2. The van der Waals surface area contributed by atoms with Gasteiger partial charge in [0.2, 0.25) is 0 Å². The minimum absolute atomic E-state index is 0.253. The zero-order valence-electron chi connectivity index (χ0n) is 10.1. The maximum atomic E-state index is 5.60. The fourth-order valence-electron chi connectivity index (χ4n) is 1.18. The van der Waals surface area contributed by atoms with Crippen molar-refractivity contribution in [3.63, 3.8) is 0 Å². The van der Waals surface area contributed by atoms with Gasteiger partial charge in [0.05, 0.1) is 12.7 Å². The van der Waals surface area contributed by atoms with Gasteiger partial charge in [-0.3, -0.25) is 0 Å². The van der Waals surface area contributed by atoms with Crippen LogP contribution in [0.2, 0.25) is 0 Å². The molecule has 0 aliphatic heterocycles. The summed E-state index contributed by atoms with van der Waals surface area (Å²) in [6.07, 6.45) is 6.31. The predicted octanol–water partition coefficient (Wildman–Crippen LogP) is 3.40. The van der Waals surface area contributed by atoms with Crippen LogP contribution in [0.3, 0.4) is 0 Å². The van der Waals surface area contributed by atoms with Gasteiger partial charge in [0.1, 0.15) is 0 Å². The smallest absolute Gasteiger partial charge is 0.0780 e. The van der Waals surface area contributed by atoms with E-state index in [1.165, 1.54) is 25.7 Å². The van der Waals surface area contributed by atoms with Gasteiger partial charge in [-0.05, 0) is 19.8 Å². The summed E-state index contributed by atoms with van der Waals surface area (Å²) in [5.74, 6) is 0. The van der Waals surface area contributed by atoms with Crippen molar-refractivity contribution in [2.45, 2.75) is 59.0 Å². The summed E-state index contributed by atoms with van der Waals surface area (Å²) in [6.45, 7) is 8.96. The first-order chi connectivity index (χ1) is 6.81. The lowest BCUT2D eigenvalue weighted by Crippen LogP contribution is -2.17. The third-order valence-corrected chi connectivity index (χ3v) is 2.15. The van der Waals surface area contributed by atoms with Crippen molar-refractivity contribution in [1.29, 1.82) is 0 Å². The molecule has 0 saturated heterocycles. The van der Waals surface area contributed by atoms with E-state index in [1.807, 2.05) is 0 Å². The maximum Gasteiger partial charge on any atom is 0.0780 e. The molecule has 0 spiro atoms. The van der Waals surface area contributed by atoms with Gasteiger partial charge in [-0.25, -0.2) is 0 Å². The van der Waals surface area contributed by atoms with Crippen LogP contribution in [0.5, 0.6) is 0 Å². The first kappa shape index (κ1) is 13.9. The lowest BCUT2D eigenvalue weighted by Gasteiger charge is -2.13. The van der Waals surface area contributed by atoms with Crippen molar-refractivity contribution in [3.8, 4) is 0 Å². The first-order valence-electron chi connectivity index (χ1n) is 6.00. The van der Waals surface area contributed by atoms with Crippen LogP contribution in [0.15, 0.2) is 0 Å². The molecule has 0 aromatic rings. The van der Waals surface area contributed by atoms with Crippen molar-refractivity contribution in [2.24, 2.45) is 0 Å². The normalized spacial score (nSPS) is 13.1. The highest BCUT2D eigenvalue weighted by Gasteiger charge is 2.01. The molecule has 0 N–H and O–H groups in total. The summed E-state index contributed by atoms with van der Waals surface area (Å²) in [7, 11) is 0. The van der Waals surface area contributed by atoms with Gasteiger partial charge in [0.25, 0.3) is 0 Å². The van der Waals surface area contributed by atoms with E-state index in [9.17, 15) is 0 Å². The zero-order valence-corrected chi connectivity index (χ0v) is 10.1. The molecule has 1 atom stereocenters. The largest absolute Gasteiger partial charge is 0.379 e. The van der Waals surface area contributed by atoms with Gasteiger partial charge in [-0.2, -0.15) is 0 Å². The maximum absolute atomic E-state index is 5.60. The van der Waals surface area contributed by atoms with Crippen LogP contribution >= 0.6 is 0 Å². The predicted molar refractivity (Wildman–Crippen MR) is 60.7 cm³/mol. The van der Waals surface area contributed by atoms with Gasteiger partial charge in [0, 0.05) is 13.2 Å². The highest BCUT2D eigenvalue weighted by atomic mass is 16.5. The highest BCUT2D eigenvalue weighted by Crippen LogP contribution is 1.99. The van der Waals surface area contributed by atoms with Gasteiger partial charge < -0.3 is 9.47 Å². The Balaban J connectivity index is 3.07. The molecule has 0 aliphatic rings. The van der Waals surface area contributed by atoms with Crippen molar-refractivity contribution in [1.82, 2.24) is 0 Å². The molecule has 86 valence electrons. The fourth-order valence-corrected chi connectivity index (χ4v) is 1.18. The molecule has 0 rings (SSSR count). The summed E-state index contributed by atoms with van der Waals surface area (Å²) in [4.78, 5) is 0. The molecule has 0 bridgehead atoms. The average molecular weight is 202 g/mol. The fraction of sp³-hybridized carbons (Fsp3) is 1.00. The molecule has 0 heterocycles. The van der Waals surface area contributed by atoms with E-state index in [2.05, 4.69) is 20.8 Å². The molecule has 0 fully saturated rings. The van der Waals surface area contributed by atoms with Crippen molar-refractivity contribution in [3.05, 3.63) is 0 Å². The van der Waals surface area contributed by atoms with E-state index < -0.39 is 0 Å². The lowest BCUT2D eigenvalue weighted by atomic mass is 10.3. The summed E-state index contributed by atoms with van der Waals surface area (Å²) < 4.78 is 11.1. The lowest BCUT2D eigenvalue weighted by molar-refractivity contribution is -0.00835. The molecule has 0 aliphatic carbocycles. The molecule has 0 saturated carbocycles. The van der Waals surface area contributed by atoms with E-state index in [0.29, 0.717) is 0 Å². The SMILES string of the molecule is CCCCCOC(C)COCCCC. The van der Waals surface area contributed by atoms with Crippen LogP contribution in [0.25, 0.3) is 0 Å². The van der Waals surface area contributed by atoms with Gasteiger partial charge in [-0.1, -0.05) is 33.1 Å². The summed E-state index contributed by atoms with van der Waals surface area (Å²) in [5.41, 5.74) is 0. The van der Waals surface area contributed by atoms with E-state index in [0.717, 1.165) is 26.2 Å². The van der Waals surface area contributed by atoms with E-state index in [4.69, 9.17) is 9.47 Å². The number of rotatable bonds is 10. The minimum atomic E-state index is 0.253. The van der Waals surface area contributed by atoms with Crippen LogP contribution in [-0.2, 0) is 9.47 Å². The number of hydrogen-bond acceptors (Lipinski definition) is 2. The van der Waals surface area contributed by atoms with Crippen LogP contribution in [-0.4, -0.2) is 25.9 Å². The Kier molecular flexibility index (Phi) is 10.9. The van der Waals surface area contributed by atoms with Crippen molar-refractivity contribution < 1.29 is 9.47 Å². The Labute approximate surface area is 89.0 Å². The molecule has 14 heavy (non-hydrogen) atoms. The van der Waals surface area contributed by atoms with E-state index in [-0.39, 0.29) is 6.10 Å². The minimum Gasteiger partial charge on any atom is -0.379 e. The standard InChI is InChI=1S/C12H26O2/c1-4-6-8-10-14-12(3)11-13-9-7-5-2/h12H,4-11H2,1-3H3. The second-order valence-corrected chi connectivity index (χ2v) is 3.82. The molecule has 0 aromatic heterocycles. The molecule has 2 nitrogen and oxygen atoms in total. The summed E-state index contributed by atoms with van der Waals surface area (Å²) in [5, 5.41) is 0. The van der Waals surface area contributed by atoms with Crippen molar-refractivity contribution >= 4 is 0 Å². The van der Waals surface area contributed by atoms with Gasteiger partial charge >= 0.3 is 0 Å². The second-order valence-electron chi connectivity index (χ2n) is 3.82. The first-order valence-corrected chi connectivity index (χ1v) is 6.00. The molecular weight excluding hydrogens is 176 g/mol. The van der Waals surface area contributed by atoms with E-state index >= 15 is 0 Å². The monoisotopic (exact) mass is 202 g/mol. The summed E-state index contributed by atoms with van der Waals surface area (Å²) >= 11 is 0. The molecule has 1 unspecified atom stereocenters. The number of hydrogen-bond donors (Lipinski definition) is 0. The molecule has 2 heteroatoms.